The van der Waals surface area contributed by atoms with E-state index in [2.05, 4.69) is 26.0 Å². The van der Waals surface area contributed by atoms with Gasteiger partial charge in [0, 0.05) is 17.0 Å². The van der Waals surface area contributed by atoms with Gasteiger partial charge in [0.1, 0.15) is 0 Å². The number of methoxy groups -OCH3 is 1. The Morgan fingerprint density at radius 2 is 2.07 bits per heavy atom. The van der Waals surface area contributed by atoms with Crippen LogP contribution in [0, 0.1) is 5.92 Å². The van der Waals surface area contributed by atoms with E-state index in [0.717, 1.165) is 0 Å². The Kier molecular flexibility index (Phi) is 8.16. The lowest BCUT2D eigenvalue weighted by molar-refractivity contribution is -0.131. The van der Waals surface area contributed by atoms with Crippen molar-refractivity contribution in [3.63, 3.8) is 0 Å². The minimum absolute atomic E-state index is 0.00566. The molecule has 1 aromatic rings. The summed E-state index contributed by atoms with van der Waals surface area (Å²) in [6.45, 7) is 1.84. The van der Waals surface area contributed by atoms with Gasteiger partial charge in [-0.3, -0.25) is 25.0 Å². The van der Waals surface area contributed by atoms with Crippen molar-refractivity contribution in [2.75, 3.05) is 19.5 Å². The van der Waals surface area contributed by atoms with Gasteiger partial charge in [0.25, 0.3) is 5.91 Å². The number of amides is 3. The molecule has 0 aliphatic carbocycles. The number of anilines is 1. The van der Waals surface area contributed by atoms with Crippen LogP contribution >= 0.6 is 11.6 Å². The molecule has 5 N–H and O–H groups in total. The van der Waals surface area contributed by atoms with Gasteiger partial charge in [0.15, 0.2) is 12.0 Å². The first-order valence-electron chi connectivity index (χ1n) is 9.31. The Morgan fingerprint density at radius 3 is 2.63 bits per heavy atom. The molecule has 11 heteroatoms. The smallest absolute Gasteiger partial charge is 0.411 e. The van der Waals surface area contributed by atoms with Crippen molar-refractivity contribution >= 4 is 41.0 Å². The van der Waals surface area contributed by atoms with Crippen molar-refractivity contribution < 1.29 is 29.0 Å². The summed E-state index contributed by atoms with van der Waals surface area (Å²) in [6.07, 6.45) is -1.80. The molecule has 3 amide bonds. The van der Waals surface area contributed by atoms with Crippen LogP contribution in [-0.2, 0) is 14.3 Å². The highest BCUT2D eigenvalue weighted by molar-refractivity contribution is 6.31. The SMILES string of the molecule is CNC(O)C(=O)[C@H](CC1C[C@@H](C)NC1=O)NC(=O)c1cc(Cl)ccc1NC(=O)OC. The molecule has 0 saturated carbocycles. The van der Waals surface area contributed by atoms with Crippen LogP contribution in [0.4, 0.5) is 10.5 Å². The molecule has 10 nitrogen and oxygen atoms in total. The first-order valence-corrected chi connectivity index (χ1v) is 9.68. The highest BCUT2D eigenvalue weighted by Gasteiger charge is 2.36. The largest absolute Gasteiger partial charge is 0.453 e. The number of benzene rings is 1. The molecular formula is C19H25ClN4O6. The molecule has 4 atom stereocenters. The molecule has 1 heterocycles. The monoisotopic (exact) mass is 440 g/mol. The van der Waals surface area contributed by atoms with Crippen LogP contribution in [0.25, 0.3) is 0 Å². The second kappa shape index (κ2) is 10.4. The number of ether oxygens (including phenoxy) is 1. The van der Waals surface area contributed by atoms with Gasteiger partial charge in [0.2, 0.25) is 5.91 Å². The van der Waals surface area contributed by atoms with Gasteiger partial charge in [-0.05, 0) is 45.0 Å². The fourth-order valence-electron chi connectivity index (χ4n) is 3.23. The number of Topliss-reactive ketones (excluding diaryl/α,β-unsaturated/α-hetero) is 1. The van der Waals surface area contributed by atoms with Crippen molar-refractivity contribution in [1.82, 2.24) is 16.0 Å². The molecule has 1 fully saturated rings. The molecule has 0 spiro atoms. The maximum atomic E-state index is 12.9. The number of halogens is 1. The summed E-state index contributed by atoms with van der Waals surface area (Å²) in [4.78, 5) is 49.2. The Labute approximate surface area is 178 Å². The van der Waals surface area contributed by atoms with E-state index >= 15 is 0 Å². The number of nitrogens with one attached hydrogen (secondary N) is 4. The molecular weight excluding hydrogens is 416 g/mol. The minimum Gasteiger partial charge on any atom is -0.453 e. The predicted molar refractivity (Wildman–Crippen MR) is 109 cm³/mol. The van der Waals surface area contributed by atoms with Crippen molar-refractivity contribution in [2.45, 2.75) is 38.1 Å². The maximum absolute atomic E-state index is 12.9. The number of aliphatic hydroxyl groups is 1. The molecule has 0 aromatic heterocycles. The van der Waals surface area contributed by atoms with Gasteiger partial charge in [-0.2, -0.15) is 0 Å². The number of ketones is 1. The molecule has 30 heavy (non-hydrogen) atoms. The van der Waals surface area contributed by atoms with Crippen molar-refractivity contribution in [2.24, 2.45) is 5.92 Å². The van der Waals surface area contributed by atoms with E-state index in [-0.39, 0.29) is 34.6 Å². The lowest BCUT2D eigenvalue weighted by Crippen LogP contribution is -2.50. The zero-order valence-electron chi connectivity index (χ0n) is 16.8. The van der Waals surface area contributed by atoms with Crippen LogP contribution in [0.15, 0.2) is 18.2 Å². The van der Waals surface area contributed by atoms with E-state index in [9.17, 15) is 24.3 Å². The van der Waals surface area contributed by atoms with E-state index in [1.54, 1.807) is 0 Å². The lowest BCUT2D eigenvalue weighted by Gasteiger charge is -2.23. The van der Waals surface area contributed by atoms with Gasteiger partial charge >= 0.3 is 6.09 Å². The molecule has 1 aliphatic rings. The third-order valence-electron chi connectivity index (χ3n) is 4.76. The lowest BCUT2D eigenvalue weighted by atomic mass is 9.93. The van der Waals surface area contributed by atoms with Gasteiger partial charge in [0.05, 0.1) is 24.4 Å². The molecule has 164 valence electrons. The second-order valence-electron chi connectivity index (χ2n) is 7.00. The quantitative estimate of drug-likeness (QED) is 0.373. The van der Waals surface area contributed by atoms with Crippen LogP contribution in [0.5, 0.6) is 0 Å². The van der Waals surface area contributed by atoms with Gasteiger partial charge in [-0.15, -0.1) is 0 Å². The molecule has 0 radical (unpaired) electrons. The van der Waals surface area contributed by atoms with Crippen molar-refractivity contribution in [1.29, 1.82) is 0 Å². The maximum Gasteiger partial charge on any atom is 0.411 e. The number of aliphatic hydroxyl groups excluding tert-OH is 1. The molecule has 1 aliphatic heterocycles. The topological polar surface area (TPSA) is 146 Å². The molecule has 0 bridgehead atoms. The molecule has 1 saturated heterocycles. The molecule has 2 unspecified atom stereocenters. The van der Waals surface area contributed by atoms with E-state index in [4.69, 9.17) is 11.6 Å². The van der Waals surface area contributed by atoms with Gasteiger partial charge in [-0.1, -0.05) is 11.6 Å². The number of carbonyl (C=O) groups is 4. The average Bonchev–Trinajstić information content (AvgIpc) is 3.03. The zero-order chi connectivity index (χ0) is 22.4. The van der Waals surface area contributed by atoms with Crippen LogP contribution < -0.4 is 21.3 Å². The van der Waals surface area contributed by atoms with Crippen LogP contribution in [0.3, 0.4) is 0 Å². The average molecular weight is 441 g/mol. The number of carbonyl (C=O) groups excluding carboxylic acids is 4. The van der Waals surface area contributed by atoms with E-state index < -0.39 is 36.0 Å². The third kappa shape index (κ3) is 5.91. The predicted octanol–water partition coefficient (Wildman–Crippen LogP) is 0.638. The van der Waals surface area contributed by atoms with E-state index in [0.29, 0.717) is 6.42 Å². The summed E-state index contributed by atoms with van der Waals surface area (Å²) >= 11 is 5.98. The fourth-order valence-corrected chi connectivity index (χ4v) is 3.40. The Bertz CT molecular complexity index is 833. The Hall–Kier alpha value is -2.69. The second-order valence-corrected chi connectivity index (χ2v) is 7.44. The molecule has 1 aromatic carbocycles. The number of likely N-dealkylation sites (N-methyl/N-ethyl adjacent to an activating group) is 1. The van der Waals surface area contributed by atoms with Gasteiger partial charge in [-0.25, -0.2) is 4.79 Å². The minimum atomic E-state index is -1.52. The van der Waals surface area contributed by atoms with E-state index in [1.165, 1.54) is 32.4 Å². The number of rotatable bonds is 8. The van der Waals surface area contributed by atoms with Crippen LogP contribution in [-0.4, -0.2) is 61.3 Å². The molecule has 2 rings (SSSR count). The zero-order valence-corrected chi connectivity index (χ0v) is 17.6. The first-order chi connectivity index (χ1) is 14.2. The summed E-state index contributed by atoms with van der Waals surface area (Å²) < 4.78 is 4.54. The fraction of sp³-hybridized carbons (Fsp3) is 0.474. The number of hydrogen-bond donors (Lipinski definition) is 5. The van der Waals surface area contributed by atoms with E-state index in [1.807, 2.05) is 6.92 Å². The third-order valence-corrected chi connectivity index (χ3v) is 4.99. The van der Waals surface area contributed by atoms with Crippen LogP contribution in [0.1, 0.15) is 30.1 Å². The first kappa shape index (κ1) is 23.6. The summed E-state index contributed by atoms with van der Waals surface area (Å²) in [6, 6.07) is 3.02. The Morgan fingerprint density at radius 1 is 1.37 bits per heavy atom. The van der Waals surface area contributed by atoms with Gasteiger partial charge < -0.3 is 20.5 Å². The summed E-state index contributed by atoms with van der Waals surface area (Å²) in [7, 11) is 2.56. The number of hydrogen-bond acceptors (Lipinski definition) is 7. The van der Waals surface area contributed by atoms with Crippen LogP contribution in [0.2, 0.25) is 5.02 Å². The Balaban J connectivity index is 2.27. The standard InChI is InChI=1S/C19H25ClN4O6/c1-9-6-10(16(26)22-9)7-14(15(25)18(28)21-2)23-17(27)12-8-11(20)4-5-13(12)24-19(29)30-3/h4-5,8-10,14,18,21,28H,6-7H2,1-3H3,(H,22,26)(H,23,27)(H,24,29)/t9-,10?,14+,18?/m1/s1. The van der Waals surface area contributed by atoms with Crippen molar-refractivity contribution in [3.05, 3.63) is 28.8 Å². The summed E-state index contributed by atoms with van der Waals surface area (Å²) in [5, 5.41) is 20.3. The normalized spacial score (nSPS) is 20.1. The van der Waals surface area contributed by atoms with Crippen molar-refractivity contribution in [3.8, 4) is 0 Å². The highest BCUT2D eigenvalue weighted by Crippen LogP contribution is 2.24. The summed E-state index contributed by atoms with van der Waals surface area (Å²) in [5.74, 6) is -2.12. The summed E-state index contributed by atoms with van der Waals surface area (Å²) in [5.41, 5.74) is 0.116. The highest BCUT2D eigenvalue weighted by atomic mass is 35.5.